The highest BCUT2D eigenvalue weighted by Crippen LogP contribution is 2.30. The van der Waals surface area contributed by atoms with Crippen LogP contribution >= 0.6 is 0 Å². The second-order valence-corrected chi connectivity index (χ2v) is 7.79. The molecule has 1 aromatic carbocycles. The van der Waals surface area contributed by atoms with Gasteiger partial charge in [-0.2, -0.15) is 0 Å². The van der Waals surface area contributed by atoms with Gasteiger partial charge in [0.1, 0.15) is 17.2 Å². The van der Waals surface area contributed by atoms with Crippen LogP contribution in [0.2, 0.25) is 0 Å². The third-order valence-corrected chi connectivity index (χ3v) is 5.74. The molecule has 6 heteroatoms. The normalized spacial score (nSPS) is 21.8. The van der Waals surface area contributed by atoms with E-state index in [9.17, 15) is 5.11 Å². The summed E-state index contributed by atoms with van der Waals surface area (Å²) in [5.41, 5.74) is 1.96. The number of aliphatic hydroxyl groups excluding tert-OH is 1. The van der Waals surface area contributed by atoms with E-state index >= 15 is 0 Å². The van der Waals surface area contributed by atoms with Crippen molar-refractivity contribution < 1.29 is 9.52 Å². The highest BCUT2D eigenvalue weighted by Gasteiger charge is 2.33. The van der Waals surface area contributed by atoms with Gasteiger partial charge in [-0.1, -0.05) is 30.3 Å². The lowest BCUT2D eigenvalue weighted by molar-refractivity contribution is 0.144. The fourth-order valence-electron chi connectivity index (χ4n) is 4.33. The molecule has 1 aliphatic rings. The van der Waals surface area contributed by atoms with E-state index in [0.717, 1.165) is 47.5 Å². The van der Waals surface area contributed by atoms with Crippen LogP contribution in [0, 0.1) is 5.92 Å². The summed E-state index contributed by atoms with van der Waals surface area (Å²) in [5.74, 6) is 2.25. The van der Waals surface area contributed by atoms with E-state index in [-0.39, 0.29) is 12.1 Å². The first-order chi connectivity index (χ1) is 14.3. The molecule has 3 heterocycles. The molecule has 1 aliphatic carbocycles. The molecule has 148 valence electrons. The van der Waals surface area contributed by atoms with Gasteiger partial charge in [0.25, 0.3) is 0 Å². The summed E-state index contributed by atoms with van der Waals surface area (Å²) in [5, 5.41) is 15.0. The van der Waals surface area contributed by atoms with Gasteiger partial charge < -0.3 is 19.4 Å². The Hall–Kier alpha value is -2.96. The van der Waals surface area contributed by atoms with E-state index in [1.165, 1.54) is 0 Å². The van der Waals surface area contributed by atoms with Gasteiger partial charge in [-0.15, -0.1) is 0 Å². The third kappa shape index (κ3) is 3.81. The van der Waals surface area contributed by atoms with Crippen LogP contribution in [0.3, 0.4) is 0 Å². The standard InChI is InChI=1S/C23H24N4O2/c28-21-11-16(15-27-9-8-25-23(27)17-4-2-1-3-5-17)10-20(21)26-14-19-12-18-13-24-7-6-22(18)29-19/h1-9,12-13,16,20-21,26,28H,10-11,14-15H2/t16?,20-,21-/m1/s1. The minimum absolute atomic E-state index is 0.0648. The number of aromatic nitrogens is 3. The van der Waals surface area contributed by atoms with Gasteiger partial charge in [0.05, 0.1) is 12.6 Å². The van der Waals surface area contributed by atoms with Crippen LogP contribution in [0.15, 0.2) is 71.7 Å². The highest BCUT2D eigenvalue weighted by atomic mass is 16.3. The fraction of sp³-hybridized carbons (Fsp3) is 0.304. The zero-order chi connectivity index (χ0) is 19.6. The molecule has 0 spiro atoms. The summed E-state index contributed by atoms with van der Waals surface area (Å²) in [4.78, 5) is 8.65. The predicted octanol–water partition coefficient (Wildman–Crippen LogP) is 3.62. The molecule has 0 bridgehead atoms. The summed E-state index contributed by atoms with van der Waals surface area (Å²) in [7, 11) is 0. The Labute approximate surface area is 169 Å². The summed E-state index contributed by atoms with van der Waals surface area (Å²) >= 11 is 0. The summed E-state index contributed by atoms with van der Waals surface area (Å²) in [6.45, 7) is 1.46. The van der Waals surface area contributed by atoms with Crippen molar-refractivity contribution in [2.24, 2.45) is 5.92 Å². The Kier molecular flexibility index (Phi) is 4.87. The van der Waals surface area contributed by atoms with Crippen LogP contribution in [0.4, 0.5) is 0 Å². The van der Waals surface area contributed by atoms with E-state index in [1.54, 1.807) is 12.4 Å². The molecule has 1 unspecified atom stereocenters. The Morgan fingerprint density at radius 3 is 2.90 bits per heavy atom. The third-order valence-electron chi connectivity index (χ3n) is 5.74. The quantitative estimate of drug-likeness (QED) is 0.528. The monoisotopic (exact) mass is 388 g/mol. The van der Waals surface area contributed by atoms with Crippen molar-refractivity contribution in [2.75, 3.05) is 0 Å². The van der Waals surface area contributed by atoms with Crippen LogP contribution in [0.1, 0.15) is 18.6 Å². The fourth-order valence-corrected chi connectivity index (χ4v) is 4.33. The van der Waals surface area contributed by atoms with Crippen molar-refractivity contribution in [2.45, 2.75) is 38.1 Å². The van der Waals surface area contributed by atoms with E-state index in [0.29, 0.717) is 12.5 Å². The first-order valence-corrected chi connectivity index (χ1v) is 10.1. The number of fused-ring (bicyclic) bond motifs is 1. The van der Waals surface area contributed by atoms with E-state index in [4.69, 9.17) is 4.42 Å². The lowest BCUT2D eigenvalue weighted by Gasteiger charge is -2.15. The van der Waals surface area contributed by atoms with Crippen molar-refractivity contribution in [3.8, 4) is 11.4 Å². The molecule has 29 heavy (non-hydrogen) atoms. The number of aliphatic hydroxyl groups is 1. The maximum atomic E-state index is 10.6. The number of hydrogen-bond donors (Lipinski definition) is 2. The number of imidazole rings is 1. The topological polar surface area (TPSA) is 76.1 Å². The maximum Gasteiger partial charge on any atom is 0.139 e. The van der Waals surface area contributed by atoms with Crippen molar-refractivity contribution in [3.05, 3.63) is 73.0 Å². The lowest BCUT2D eigenvalue weighted by Crippen LogP contribution is -2.35. The average molecular weight is 388 g/mol. The molecule has 3 atom stereocenters. The predicted molar refractivity (Wildman–Crippen MR) is 111 cm³/mol. The zero-order valence-corrected chi connectivity index (χ0v) is 16.1. The summed E-state index contributed by atoms with van der Waals surface area (Å²) in [6, 6.07) is 14.2. The molecule has 2 N–H and O–H groups in total. The largest absolute Gasteiger partial charge is 0.460 e. The number of rotatable bonds is 6. The van der Waals surface area contributed by atoms with Crippen molar-refractivity contribution in [1.29, 1.82) is 0 Å². The smallest absolute Gasteiger partial charge is 0.139 e. The lowest BCUT2D eigenvalue weighted by atomic mass is 10.1. The van der Waals surface area contributed by atoms with E-state index in [1.807, 2.05) is 42.7 Å². The molecule has 0 radical (unpaired) electrons. The number of nitrogens with zero attached hydrogens (tertiary/aromatic N) is 3. The Balaban J connectivity index is 1.22. The Bertz CT molecular complexity index is 1060. The second-order valence-electron chi connectivity index (χ2n) is 7.79. The molecule has 0 saturated heterocycles. The molecule has 5 rings (SSSR count). The van der Waals surface area contributed by atoms with Gasteiger partial charge in [-0.3, -0.25) is 4.98 Å². The Morgan fingerprint density at radius 1 is 1.14 bits per heavy atom. The average Bonchev–Trinajstić information content (AvgIpc) is 3.45. The summed E-state index contributed by atoms with van der Waals surface area (Å²) < 4.78 is 8.04. The minimum atomic E-state index is -0.352. The summed E-state index contributed by atoms with van der Waals surface area (Å²) in [6.07, 6.45) is 8.77. The van der Waals surface area contributed by atoms with Crippen LogP contribution < -0.4 is 5.32 Å². The van der Waals surface area contributed by atoms with Crippen LogP contribution in [-0.4, -0.2) is 31.8 Å². The van der Waals surface area contributed by atoms with E-state index in [2.05, 4.69) is 32.0 Å². The van der Waals surface area contributed by atoms with Crippen molar-refractivity contribution in [1.82, 2.24) is 19.9 Å². The first kappa shape index (κ1) is 18.1. The van der Waals surface area contributed by atoms with Gasteiger partial charge in [-0.05, 0) is 30.9 Å². The van der Waals surface area contributed by atoms with Crippen molar-refractivity contribution in [3.63, 3.8) is 0 Å². The molecule has 6 nitrogen and oxygen atoms in total. The number of nitrogens with one attached hydrogen (secondary N) is 1. The zero-order valence-electron chi connectivity index (χ0n) is 16.1. The van der Waals surface area contributed by atoms with Crippen LogP contribution in [-0.2, 0) is 13.1 Å². The van der Waals surface area contributed by atoms with Gasteiger partial charge in [0.15, 0.2) is 0 Å². The molecule has 4 aromatic rings. The van der Waals surface area contributed by atoms with Gasteiger partial charge in [0.2, 0.25) is 0 Å². The van der Waals surface area contributed by atoms with Gasteiger partial charge in [0, 0.05) is 48.3 Å². The molecule has 1 saturated carbocycles. The molecule has 1 fully saturated rings. The van der Waals surface area contributed by atoms with Gasteiger partial charge >= 0.3 is 0 Å². The first-order valence-electron chi connectivity index (χ1n) is 10.1. The number of benzene rings is 1. The number of hydrogen-bond acceptors (Lipinski definition) is 5. The van der Waals surface area contributed by atoms with Gasteiger partial charge in [-0.25, -0.2) is 4.98 Å². The van der Waals surface area contributed by atoms with Crippen molar-refractivity contribution >= 4 is 11.0 Å². The molecule has 3 aromatic heterocycles. The SMILES string of the molecule is O[C@@H]1CC(Cn2ccnc2-c2ccccc2)C[C@H]1NCc1cc2cnccc2o1. The van der Waals surface area contributed by atoms with Crippen LogP contribution in [0.25, 0.3) is 22.4 Å². The number of furan rings is 1. The number of pyridine rings is 1. The highest BCUT2D eigenvalue weighted by molar-refractivity contribution is 5.76. The van der Waals surface area contributed by atoms with E-state index < -0.39 is 0 Å². The minimum Gasteiger partial charge on any atom is -0.460 e. The maximum absolute atomic E-state index is 10.6. The second kappa shape index (κ2) is 7.81. The molecule has 0 aliphatic heterocycles. The molecular weight excluding hydrogens is 364 g/mol. The van der Waals surface area contributed by atoms with Crippen LogP contribution in [0.5, 0.6) is 0 Å². The Morgan fingerprint density at radius 2 is 2.03 bits per heavy atom. The molecular formula is C23H24N4O2. The molecule has 0 amide bonds.